The van der Waals surface area contributed by atoms with E-state index in [-0.39, 0.29) is 43.6 Å². The van der Waals surface area contributed by atoms with Gasteiger partial charge in [0, 0.05) is 35.6 Å². The van der Waals surface area contributed by atoms with E-state index in [9.17, 15) is 14.7 Å². The van der Waals surface area contributed by atoms with E-state index < -0.39 is 6.04 Å². The van der Waals surface area contributed by atoms with Crippen LogP contribution in [-0.4, -0.2) is 60.3 Å². The fraction of sp³-hybridized carbons (Fsp3) is 0.405. The van der Waals surface area contributed by atoms with Crippen molar-refractivity contribution in [2.75, 3.05) is 26.4 Å². The fourth-order valence-corrected chi connectivity index (χ4v) is 6.94. The minimum atomic E-state index is -0.490. The Morgan fingerprint density at radius 2 is 1.65 bits per heavy atom. The van der Waals surface area contributed by atoms with Gasteiger partial charge in [-0.3, -0.25) is 9.59 Å². The summed E-state index contributed by atoms with van der Waals surface area (Å²) in [6.07, 6.45) is 4.37. The number of amides is 2. The lowest BCUT2D eigenvalue weighted by atomic mass is 9.88. The van der Waals surface area contributed by atoms with E-state index in [1.807, 2.05) is 54.3 Å². The largest absolute Gasteiger partial charge is 0.490 e. The summed E-state index contributed by atoms with van der Waals surface area (Å²) >= 11 is 19.2. The van der Waals surface area contributed by atoms with E-state index in [0.29, 0.717) is 58.2 Å². The van der Waals surface area contributed by atoms with Crippen LogP contribution in [0.25, 0.3) is 5.57 Å². The molecule has 0 radical (unpaired) electrons. The van der Waals surface area contributed by atoms with Crippen molar-refractivity contribution in [1.29, 1.82) is 0 Å². The maximum absolute atomic E-state index is 14.4. The molecule has 0 aromatic heterocycles. The Balaban J connectivity index is 1.16. The summed E-state index contributed by atoms with van der Waals surface area (Å²) in [6.45, 7) is 3.67. The van der Waals surface area contributed by atoms with Gasteiger partial charge in [-0.05, 0) is 104 Å². The van der Waals surface area contributed by atoms with Crippen molar-refractivity contribution in [3.63, 3.8) is 0 Å². The first-order chi connectivity index (χ1) is 23.2. The number of nitrogens with one attached hydrogen (secondary N) is 2. The van der Waals surface area contributed by atoms with Crippen molar-refractivity contribution in [2.45, 2.75) is 64.2 Å². The molecule has 6 rings (SSSR count). The number of hydrogen-bond acceptors (Lipinski definition) is 6. The van der Waals surface area contributed by atoms with E-state index >= 15 is 0 Å². The molecule has 3 aromatic rings. The minimum absolute atomic E-state index is 0.0862. The molecule has 0 spiro atoms. The van der Waals surface area contributed by atoms with Gasteiger partial charge in [0.15, 0.2) is 5.75 Å². The Morgan fingerprint density at radius 1 is 0.938 bits per heavy atom. The van der Waals surface area contributed by atoms with Crippen molar-refractivity contribution < 1.29 is 24.2 Å². The molecule has 1 heterocycles. The van der Waals surface area contributed by atoms with E-state index in [1.54, 1.807) is 12.1 Å². The Morgan fingerprint density at radius 3 is 2.31 bits per heavy atom. The summed E-state index contributed by atoms with van der Waals surface area (Å²) in [6, 6.07) is 16.6. The van der Waals surface area contributed by atoms with Crippen LogP contribution in [0, 0.1) is 12.8 Å². The number of carbonyl (C=O) groups is 2. The fourth-order valence-electron chi connectivity index (χ4n) is 6.06. The first-order valence-electron chi connectivity index (χ1n) is 16.5. The average Bonchev–Trinajstić information content (AvgIpc) is 4.00. The molecule has 8 nitrogen and oxygen atoms in total. The zero-order valence-electron chi connectivity index (χ0n) is 26.9. The van der Waals surface area contributed by atoms with Crippen LogP contribution in [0.4, 0.5) is 0 Å². The zero-order valence-corrected chi connectivity index (χ0v) is 29.1. The van der Waals surface area contributed by atoms with Crippen LogP contribution in [0.1, 0.15) is 54.4 Å². The minimum Gasteiger partial charge on any atom is -0.490 e. The van der Waals surface area contributed by atoms with Gasteiger partial charge in [0.2, 0.25) is 5.91 Å². The summed E-state index contributed by atoms with van der Waals surface area (Å²) in [4.78, 5) is 28.5. The van der Waals surface area contributed by atoms with E-state index in [1.165, 1.54) is 0 Å². The summed E-state index contributed by atoms with van der Waals surface area (Å²) < 4.78 is 11.7. The normalized spacial score (nSPS) is 17.6. The molecular weight excluding hydrogens is 673 g/mol. The highest BCUT2D eigenvalue weighted by Crippen LogP contribution is 2.37. The van der Waals surface area contributed by atoms with Crippen molar-refractivity contribution >= 4 is 52.2 Å². The second-order valence-corrected chi connectivity index (χ2v) is 13.9. The molecule has 3 N–H and O–H groups in total. The summed E-state index contributed by atoms with van der Waals surface area (Å²) in [5, 5.41) is 18.2. The predicted octanol–water partition coefficient (Wildman–Crippen LogP) is 6.74. The molecule has 48 heavy (non-hydrogen) atoms. The van der Waals surface area contributed by atoms with Gasteiger partial charge in [-0.15, -0.1) is 0 Å². The molecule has 254 valence electrons. The Kier molecular flexibility index (Phi) is 11.2. The van der Waals surface area contributed by atoms with Crippen molar-refractivity contribution in [3.8, 4) is 11.5 Å². The van der Waals surface area contributed by atoms with Gasteiger partial charge in [0.05, 0.1) is 22.7 Å². The van der Waals surface area contributed by atoms with E-state index in [2.05, 4.69) is 10.6 Å². The van der Waals surface area contributed by atoms with Gasteiger partial charge in [-0.2, -0.15) is 0 Å². The monoisotopic (exact) mass is 711 g/mol. The molecule has 3 aromatic carbocycles. The second kappa shape index (κ2) is 15.5. The number of carbonyl (C=O) groups excluding carboxylic acids is 2. The molecule has 1 aliphatic heterocycles. The maximum Gasteiger partial charge on any atom is 0.252 e. The summed E-state index contributed by atoms with van der Waals surface area (Å²) in [5.74, 6) is 1.21. The van der Waals surface area contributed by atoms with Gasteiger partial charge in [-0.1, -0.05) is 59.1 Å². The maximum atomic E-state index is 14.4. The molecule has 2 amide bonds. The van der Waals surface area contributed by atoms with Gasteiger partial charge < -0.3 is 30.1 Å². The molecule has 0 saturated heterocycles. The molecular formula is C37H40Cl3N3O5. The summed E-state index contributed by atoms with van der Waals surface area (Å²) in [7, 11) is 0. The van der Waals surface area contributed by atoms with Crippen LogP contribution in [-0.2, 0) is 22.7 Å². The predicted molar refractivity (Wildman–Crippen MR) is 189 cm³/mol. The third kappa shape index (κ3) is 8.47. The first-order valence-corrected chi connectivity index (χ1v) is 17.6. The lowest BCUT2D eigenvalue weighted by Gasteiger charge is -2.33. The standard InChI is InChI=1S/C37H40Cl3N3O5/c1-22-16-31(39)35(32(40)17-22)48-15-14-47-28-9-5-24(6-10-28)29-12-13-41-33(21-44)34(29)37(46)43(27-7-8-27)20-26-18-23(2-11-30(26)38)19-42-36(45)25-3-4-25/h2,5-6,9-11,16-18,25,27,33,41,44H,3-4,7-8,12-15,19-21H2,1H3,(H,42,45). The lowest BCUT2D eigenvalue weighted by Crippen LogP contribution is -2.46. The van der Waals surface area contributed by atoms with Gasteiger partial charge in [0.25, 0.3) is 5.91 Å². The number of benzene rings is 3. The van der Waals surface area contributed by atoms with E-state index in [0.717, 1.165) is 53.5 Å². The summed E-state index contributed by atoms with van der Waals surface area (Å²) in [5.41, 5.74) is 5.12. The Hall–Kier alpha value is -3.27. The highest BCUT2D eigenvalue weighted by molar-refractivity contribution is 6.37. The Labute approximate surface area is 296 Å². The van der Waals surface area contributed by atoms with E-state index in [4.69, 9.17) is 44.3 Å². The SMILES string of the molecule is Cc1cc(Cl)c(OCCOc2ccc(C3=C(C(=O)N(Cc4cc(CNC(=O)C5CC5)ccc4Cl)C4CC4)C(CO)NCC3)cc2)c(Cl)c1. The number of hydrogen-bond donors (Lipinski definition) is 3. The highest BCUT2D eigenvalue weighted by atomic mass is 35.5. The van der Waals surface area contributed by atoms with Crippen molar-refractivity contribution in [3.05, 3.63) is 97.5 Å². The first kappa shape index (κ1) is 34.6. The third-order valence-corrected chi connectivity index (χ3v) is 9.84. The van der Waals surface area contributed by atoms with Gasteiger partial charge >= 0.3 is 0 Å². The van der Waals surface area contributed by atoms with Crippen LogP contribution in [0.3, 0.4) is 0 Å². The van der Waals surface area contributed by atoms with Gasteiger partial charge in [0.1, 0.15) is 19.0 Å². The smallest absolute Gasteiger partial charge is 0.252 e. The van der Waals surface area contributed by atoms with Crippen molar-refractivity contribution in [1.82, 2.24) is 15.5 Å². The van der Waals surface area contributed by atoms with Crippen molar-refractivity contribution in [2.24, 2.45) is 5.92 Å². The molecule has 1 unspecified atom stereocenters. The van der Waals surface area contributed by atoms with Crippen LogP contribution in [0.5, 0.6) is 11.5 Å². The van der Waals surface area contributed by atoms with Crippen LogP contribution in [0.15, 0.2) is 60.2 Å². The van der Waals surface area contributed by atoms with Crippen LogP contribution in [0.2, 0.25) is 15.1 Å². The third-order valence-electron chi connectivity index (χ3n) is 8.91. The number of halogens is 3. The number of aliphatic hydroxyl groups excluding tert-OH is 1. The number of aryl methyl sites for hydroxylation is 1. The highest BCUT2D eigenvalue weighted by Gasteiger charge is 2.38. The second-order valence-electron chi connectivity index (χ2n) is 12.7. The molecule has 3 aliphatic rings. The average molecular weight is 713 g/mol. The van der Waals surface area contributed by atoms with Crippen LogP contribution < -0.4 is 20.1 Å². The molecule has 1 atom stereocenters. The number of ether oxygens (including phenoxy) is 2. The quantitative estimate of drug-likeness (QED) is 0.160. The zero-order chi connectivity index (χ0) is 33.8. The van der Waals surface area contributed by atoms with Crippen LogP contribution >= 0.6 is 34.8 Å². The number of aliphatic hydroxyl groups is 1. The Bertz CT molecular complexity index is 1660. The molecule has 11 heteroatoms. The number of rotatable bonds is 14. The molecule has 2 aliphatic carbocycles. The topological polar surface area (TPSA) is 100 Å². The number of nitrogens with zero attached hydrogens (tertiary/aromatic N) is 1. The lowest BCUT2D eigenvalue weighted by molar-refractivity contribution is -0.128. The molecule has 2 saturated carbocycles. The molecule has 2 fully saturated rings. The van der Waals surface area contributed by atoms with Gasteiger partial charge in [-0.25, -0.2) is 0 Å². The molecule has 0 bridgehead atoms.